The number of rotatable bonds is 2. The maximum atomic E-state index is 13.4. The van der Waals surface area contributed by atoms with Gasteiger partial charge in [0.1, 0.15) is 11.9 Å². The van der Waals surface area contributed by atoms with Crippen molar-refractivity contribution in [2.45, 2.75) is 44.7 Å². The van der Waals surface area contributed by atoms with Crippen LogP contribution in [-0.4, -0.2) is 22.0 Å². The van der Waals surface area contributed by atoms with Crippen LogP contribution in [0.1, 0.15) is 53.2 Å². The van der Waals surface area contributed by atoms with Gasteiger partial charge >= 0.3 is 0 Å². The number of benzene rings is 1. The van der Waals surface area contributed by atoms with Crippen LogP contribution < -0.4 is 11.2 Å². The lowest BCUT2D eigenvalue weighted by molar-refractivity contribution is 0.0997. The lowest BCUT2D eigenvalue weighted by Gasteiger charge is -2.26. The highest BCUT2D eigenvalue weighted by atomic mass is 19.2. The van der Waals surface area contributed by atoms with E-state index in [2.05, 4.69) is 9.97 Å². The van der Waals surface area contributed by atoms with Gasteiger partial charge in [-0.1, -0.05) is 6.07 Å². The first-order chi connectivity index (χ1) is 14.3. The molecule has 3 N–H and O–H groups in total. The standard InChI is InChI=1S/C13H15F3.C9H7N3O2/c1-8-11(5-6-12(15)13(8)16)9-3-2-4-10(14)7-9;10-9(14)8-7-5(1-3-12-8)11-4-2-6(7)13/h5-6,9-10H,2-4,7H2,1H3;1-4H,(H2,10,14)(H,11,13)/t9-,10?;/m1./s1. The number of aromatic amines is 1. The number of alkyl halides is 1. The van der Waals surface area contributed by atoms with Gasteiger partial charge in [-0.25, -0.2) is 13.2 Å². The Kier molecular flexibility index (Phi) is 6.54. The van der Waals surface area contributed by atoms with E-state index in [0.29, 0.717) is 23.9 Å². The van der Waals surface area contributed by atoms with Gasteiger partial charge in [-0.05, 0) is 61.8 Å². The number of amides is 1. The predicted octanol–water partition coefficient (Wildman–Crippen LogP) is 4.29. The van der Waals surface area contributed by atoms with Crippen molar-refractivity contribution in [1.29, 1.82) is 0 Å². The third kappa shape index (κ3) is 4.53. The lowest BCUT2D eigenvalue weighted by atomic mass is 9.81. The maximum Gasteiger partial charge on any atom is 0.268 e. The van der Waals surface area contributed by atoms with Gasteiger partial charge in [0.25, 0.3) is 5.91 Å². The normalized spacial score (nSPS) is 18.5. The molecule has 2 aromatic heterocycles. The second kappa shape index (κ2) is 9.11. The summed E-state index contributed by atoms with van der Waals surface area (Å²) in [4.78, 5) is 29.0. The highest BCUT2D eigenvalue weighted by Crippen LogP contribution is 2.36. The Morgan fingerprint density at radius 3 is 2.67 bits per heavy atom. The summed E-state index contributed by atoms with van der Waals surface area (Å²) < 4.78 is 39.6. The number of hydrogen-bond donors (Lipinski definition) is 2. The summed E-state index contributed by atoms with van der Waals surface area (Å²) >= 11 is 0. The summed E-state index contributed by atoms with van der Waals surface area (Å²) in [5.41, 5.74) is 6.49. The molecule has 0 bridgehead atoms. The summed E-state index contributed by atoms with van der Waals surface area (Å²) in [5.74, 6) is -2.28. The number of carbonyl (C=O) groups excluding carboxylic acids is 1. The number of pyridine rings is 2. The molecule has 3 aromatic rings. The molecule has 1 aliphatic carbocycles. The van der Waals surface area contributed by atoms with E-state index >= 15 is 0 Å². The Morgan fingerprint density at radius 1 is 1.20 bits per heavy atom. The summed E-state index contributed by atoms with van der Waals surface area (Å²) in [5, 5.41) is 0.238. The minimum Gasteiger partial charge on any atom is -0.364 e. The molecule has 1 aromatic carbocycles. The van der Waals surface area contributed by atoms with Gasteiger partial charge in [-0.15, -0.1) is 0 Å². The summed E-state index contributed by atoms with van der Waals surface area (Å²) in [7, 11) is 0. The smallest absolute Gasteiger partial charge is 0.268 e. The van der Waals surface area contributed by atoms with Gasteiger partial charge in [-0.2, -0.15) is 0 Å². The summed E-state index contributed by atoms with van der Waals surface area (Å²) in [6.07, 6.45) is 4.86. The first kappa shape index (κ1) is 21.5. The van der Waals surface area contributed by atoms with Crippen molar-refractivity contribution >= 4 is 16.8 Å². The molecule has 0 saturated heterocycles. The van der Waals surface area contributed by atoms with Crippen molar-refractivity contribution < 1.29 is 18.0 Å². The molecule has 2 atom stereocenters. The molecule has 8 heteroatoms. The molecule has 30 heavy (non-hydrogen) atoms. The Morgan fingerprint density at radius 2 is 1.97 bits per heavy atom. The Bertz CT molecular complexity index is 1130. The number of aromatic nitrogens is 2. The van der Waals surface area contributed by atoms with E-state index in [4.69, 9.17) is 5.73 Å². The third-order valence-corrected chi connectivity index (χ3v) is 5.34. The van der Waals surface area contributed by atoms with E-state index in [1.54, 1.807) is 19.1 Å². The van der Waals surface area contributed by atoms with E-state index in [9.17, 15) is 22.8 Å². The molecule has 0 aliphatic heterocycles. The number of halogens is 3. The minimum absolute atomic E-state index is 0.00403. The van der Waals surface area contributed by atoms with Crippen molar-refractivity contribution in [3.63, 3.8) is 0 Å². The van der Waals surface area contributed by atoms with Gasteiger partial charge in [0, 0.05) is 18.5 Å². The van der Waals surface area contributed by atoms with Crippen molar-refractivity contribution in [2.75, 3.05) is 0 Å². The van der Waals surface area contributed by atoms with Crippen LogP contribution in [0.4, 0.5) is 13.2 Å². The first-order valence-corrected chi connectivity index (χ1v) is 9.64. The fourth-order valence-corrected chi connectivity index (χ4v) is 3.83. The third-order valence-electron chi connectivity index (χ3n) is 5.34. The zero-order valence-corrected chi connectivity index (χ0v) is 16.4. The van der Waals surface area contributed by atoms with Crippen molar-refractivity contribution in [3.05, 3.63) is 75.3 Å². The molecule has 0 radical (unpaired) electrons. The number of nitrogens with two attached hydrogens (primary N) is 1. The van der Waals surface area contributed by atoms with Gasteiger partial charge in [-0.3, -0.25) is 14.6 Å². The van der Waals surface area contributed by atoms with Crippen molar-refractivity contribution in [3.8, 4) is 0 Å². The number of fused-ring (bicyclic) bond motifs is 1. The Balaban J connectivity index is 0.000000172. The van der Waals surface area contributed by atoms with Crippen LogP contribution in [-0.2, 0) is 0 Å². The van der Waals surface area contributed by atoms with E-state index in [1.165, 1.54) is 18.5 Å². The Labute approximate surface area is 171 Å². The van der Waals surface area contributed by atoms with Crippen LogP contribution >= 0.6 is 0 Å². The quantitative estimate of drug-likeness (QED) is 0.652. The summed E-state index contributed by atoms with van der Waals surface area (Å²) in [6.45, 7) is 1.57. The molecular weight excluding hydrogens is 395 g/mol. The van der Waals surface area contributed by atoms with Crippen LogP contribution in [0.15, 0.2) is 41.5 Å². The van der Waals surface area contributed by atoms with Gasteiger partial charge in [0.15, 0.2) is 17.1 Å². The molecule has 1 aliphatic rings. The van der Waals surface area contributed by atoms with Crippen LogP contribution in [0.2, 0.25) is 0 Å². The highest BCUT2D eigenvalue weighted by molar-refractivity contribution is 6.03. The second-order valence-electron chi connectivity index (χ2n) is 7.32. The van der Waals surface area contributed by atoms with Crippen molar-refractivity contribution in [2.24, 2.45) is 5.73 Å². The number of hydrogen-bond acceptors (Lipinski definition) is 3. The van der Waals surface area contributed by atoms with Crippen LogP contribution in [0.5, 0.6) is 0 Å². The molecule has 4 rings (SSSR count). The number of carbonyl (C=O) groups is 1. The monoisotopic (exact) mass is 417 g/mol. The second-order valence-corrected chi connectivity index (χ2v) is 7.32. The zero-order chi connectivity index (χ0) is 21.8. The number of nitrogens with zero attached hydrogens (tertiary/aromatic N) is 1. The van der Waals surface area contributed by atoms with Crippen molar-refractivity contribution in [1.82, 2.24) is 9.97 Å². The van der Waals surface area contributed by atoms with E-state index in [-0.39, 0.29) is 22.4 Å². The molecule has 1 unspecified atom stereocenters. The number of H-pyrrole nitrogens is 1. The lowest BCUT2D eigenvalue weighted by Crippen LogP contribution is -2.17. The maximum absolute atomic E-state index is 13.4. The van der Waals surface area contributed by atoms with Gasteiger partial charge < -0.3 is 10.7 Å². The minimum atomic E-state index is -0.825. The average molecular weight is 417 g/mol. The molecule has 1 fully saturated rings. The molecule has 158 valence electrons. The fraction of sp³-hybridized carbons (Fsp3) is 0.318. The number of nitrogens with one attached hydrogen (secondary N) is 1. The van der Waals surface area contributed by atoms with E-state index < -0.39 is 23.7 Å². The molecule has 1 amide bonds. The Hall–Kier alpha value is -3.16. The van der Waals surface area contributed by atoms with Crippen LogP contribution in [0.25, 0.3) is 10.9 Å². The zero-order valence-electron chi connectivity index (χ0n) is 16.4. The van der Waals surface area contributed by atoms with Gasteiger partial charge in [0.2, 0.25) is 0 Å². The van der Waals surface area contributed by atoms with Crippen LogP contribution in [0.3, 0.4) is 0 Å². The number of primary amides is 1. The fourth-order valence-electron chi connectivity index (χ4n) is 3.83. The molecule has 0 spiro atoms. The molecule has 2 heterocycles. The topological polar surface area (TPSA) is 88.8 Å². The average Bonchev–Trinajstić information content (AvgIpc) is 2.72. The summed E-state index contributed by atoms with van der Waals surface area (Å²) in [6, 6.07) is 5.68. The first-order valence-electron chi connectivity index (χ1n) is 9.64. The molecular formula is C22H22F3N3O2. The van der Waals surface area contributed by atoms with Crippen LogP contribution in [0, 0.1) is 18.6 Å². The highest BCUT2D eigenvalue weighted by Gasteiger charge is 2.25. The molecule has 1 saturated carbocycles. The molecule has 5 nitrogen and oxygen atoms in total. The van der Waals surface area contributed by atoms with E-state index in [0.717, 1.165) is 24.5 Å². The predicted molar refractivity (Wildman–Crippen MR) is 108 cm³/mol. The van der Waals surface area contributed by atoms with E-state index in [1.807, 2.05) is 0 Å². The SMILES string of the molecule is Cc1c([C@@H]2CCCC(F)C2)ccc(F)c1F.NC(=O)c1nccc2[nH]ccc(=O)c12. The largest absolute Gasteiger partial charge is 0.364 e. The van der Waals surface area contributed by atoms with Gasteiger partial charge in [0.05, 0.1) is 10.9 Å².